The first kappa shape index (κ1) is 10.4. The van der Waals surface area contributed by atoms with Crippen LogP contribution in [0.1, 0.15) is 22.0 Å². The van der Waals surface area contributed by atoms with Crippen LogP contribution in [0.5, 0.6) is 0 Å². The maximum atomic E-state index is 10.9. The van der Waals surface area contributed by atoms with E-state index in [1.807, 2.05) is 24.5 Å². The molecule has 0 atom stereocenters. The molecule has 1 aromatic heterocycles. The second-order valence-electron chi connectivity index (χ2n) is 3.49. The van der Waals surface area contributed by atoms with E-state index < -0.39 is 5.97 Å². The maximum absolute atomic E-state index is 10.9. The predicted octanol–water partition coefficient (Wildman–Crippen LogP) is 1.58. The zero-order valence-electron chi connectivity index (χ0n) is 9.01. The Labute approximate surface area is 92.4 Å². The maximum Gasteiger partial charge on any atom is 0.335 e. The fourth-order valence-corrected chi connectivity index (χ4v) is 1.62. The van der Waals surface area contributed by atoms with Gasteiger partial charge in [0.05, 0.1) is 5.56 Å². The molecule has 0 aliphatic rings. The van der Waals surface area contributed by atoms with Gasteiger partial charge in [-0.15, -0.1) is 10.2 Å². The minimum atomic E-state index is -0.940. The molecule has 0 amide bonds. The summed E-state index contributed by atoms with van der Waals surface area (Å²) in [6, 6.07) is 6.69. The first-order valence-electron chi connectivity index (χ1n) is 4.82. The fourth-order valence-electron chi connectivity index (χ4n) is 1.62. The third-order valence-corrected chi connectivity index (χ3v) is 2.34. The predicted molar refractivity (Wildman–Crippen MR) is 57.8 cm³/mol. The second kappa shape index (κ2) is 3.77. The van der Waals surface area contributed by atoms with Gasteiger partial charge in [-0.05, 0) is 32.0 Å². The van der Waals surface area contributed by atoms with Gasteiger partial charge >= 0.3 is 5.97 Å². The largest absolute Gasteiger partial charge is 0.478 e. The van der Waals surface area contributed by atoms with Crippen molar-refractivity contribution < 1.29 is 9.90 Å². The second-order valence-corrected chi connectivity index (χ2v) is 3.49. The van der Waals surface area contributed by atoms with E-state index in [0.29, 0.717) is 0 Å². The molecule has 5 heteroatoms. The summed E-state index contributed by atoms with van der Waals surface area (Å²) in [5, 5.41) is 16.8. The summed E-state index contributed by atoms with van der Waals surface area (Å²) >= 11 is 0. The fraction of sp³-hybridized carbons (Fsp3) is 0.182. The van der Waals surface area contributed by atoms with Crippen LogP contribution >= 0.6 is 0 Å². The number of nitrogens with zero attached hydrogens (tertiary/aromatic N) is 3. The molecule has 0 saturated carbocycles. The van der Waals surface area contributed by atoms with Crippen molar-refractivity contribution in [2.75, 3.05) is 0 Å². The quantitative estimate of drug-likeness (QED) is 0.829. The first-order valence-corrected chi connectivity index (χ1v) is 4.82. The lowest BCUT2D eigenvalue weighted by atomic mass is 10.2. The molecule has 1 aromatic carbocycles. The zero-order valence-corrected chi connectivity index (χ0v) is 9.01. The van der Waals surface area contributed by atoms with Gasteiger partial charge < -0.3 is 5.11 Å². The Kier molecular flexibility index (Phi) is 2.44. The average molecular weight is 217 g/mol. The number of aromatic carboxylic acids is 1. The van der Waals surface area contributed by atoms with Crippen molar-refractivity contribution in [1.82, 2.24) is 14.8 Å². The van der Waals surface area contributed by atoms with Gasteiger partial charge in [-0.25, -0.2) is 4.79 Å². The van der Waals surface area contributed by atoms with E-state index in [2.05, 4.69) is 10.2 Å². The summed E-state index contributed by atoms with van der Waals surface area (Å²) in [4.78, 5) is 10.9. The summed E-state index contributed by atoms with van der Waals surface area (Å²) in [5.41, 5.74) is 1.02. The summed E-state index contributed by atoms with van der Waals surface area (Å²) < 4.78 is 1.81. The van der Waals surface area contributed by atoms with Crippen LogP contribution in [0.3, 0.4) is 0 Å². The van der Waals surface area contributed by atoms with Crippen LogP contribution in [-0.4, -0.2) is 25.8 Å². The van der Waals surface area contributed by atoms with Gasteiger partial charge in [-0.3, -0.25) is 4.57 Å². The Balaban J connectivity index is 2.57. The third kappa shape index (κ3) is 1.67. The van der Waals surface area contributed by atoms with Gasteiger partial charge in [0.1, 0.15) is 11.6 Å². The van der Waals surface area contributed by atoms with Crippen molar-refractivity contribution in [3.8, 4) is 5.69 Å². The monoisotopic (exact) mass is 217 g/mol. The molecule has 0 saturated heterocycles. The van der Waals surface area contributed by atoms with E-state index in [4.69, 9.17) is 5.11 Å². The average Bonchev–Trinajstić information content (AvgIpc) is 2.59. The van der Waals surface area contributed by atoms with Crippen molar-refractivity contribution in [3.05, 3.63) is 41.5 Å². The van der Waals surface area contributed by atoms with Crippen LogP contribution in [0, 0.1) is 13.8 Å². The Bertz CT molecular complexity index is 526. The number of hydrogen-bond donors (Lipinski definition) is 1. The lowest BCUT2D eigenvalue weighted by Gasteiger charge is -2.06. The highest BCUT2D eigenvalue weighted by molar-refractivity contribution is 5.88. The molecule has 0 fully saturated rings. The number of carbonyl (C=O) groups is 1. The molecule has 1 heterocycles. The molecule has 0 radical (unpaired) electrons. The number of aromatic nitrogens is 3. The number of aryl methyl sites for hydroxylation is 2. The lowest BCUT2D eigenvalue weighted by molar-refractivity contribution is 0.0697. The highest BCUT2D eigenvalue weighted by atomic mass is 16.4. The molecule has 2 rings (SSSR count). The van der Waals surface area contributed by atoms with Gasteiger partial charge in [0.25, 0.3) is 0 Å². The molecule has 0 bridgehead atoms. The summed E-state index contributed by atoms with van der Waals surface area (Å²) in [7, 11) is 0. The van der Waals surface area contributed by atoms with E-state index >= 15 is 0 Å². The van der Waals surface area contributed by atoms with Crippen LogP contribution in [0.15, 0.2) is 24.3 Å². The standard InChI is InChI=1S/C11H11N3O2/c1-7-12-13-8(2)14(7)10-5-3-4-9(6-10)11(15)16/h3-6H,1-2H3,(H,15,16). The van der Waals surface area contributed by atoms with Crippen molar-refractivity contribution in [2.45, 2.75) is 13.8 Å². The van der Waals surface area contributed by atoms with Gasteiger partial charge in [0.2, 0.25) is 0 Å². The molecule has 0 aliphatic carbocycles. The van der Waals surface area contributed by atoms with Crippen LogP contribution in [-0.2, 0) is 0 Å². The number of carboxylic acids is 1. The highest BCUT2D eigenvalue weighted by Gasteiger charge is 2.09. The number of rotatable bonds is 2. The molecule has 0 spiro atoms. The van der Waals surface area contributed by atoms with Crippen molar-refractivity contribution >= 4 is 5.97 Å². The Morgan fingerprint density at radius 3 is 2.44 bits per heavy atom. The van der Waals surface area contributed by atoms with Crippen LogP contribution in [0.25, 0.3) is 5.69 Å². The molecular formula is C11H11N3O2. The first-order chi connectivity index (χ1) is 7.59. The molecule has 2 aromatic rings. The smallest absolute Gasteiger partial charge is 0.335 e. The summed E-state index contributed by atoms with van der Waals surface area (Å²) in [6.07, 6.45) is 0. The third-order valence-electron chi connectivity index (χ3n) is 2.34. The zero-order chi connectivity index (χ0) is 11.7. The lowest BCUT2D eigenvalue weighted by Crippen LogP contribution is -2.02. The highest BCUT2D eigenvalue weighted by Crippen LogP contribution is 2.14. The Morgan fingerprint density at radius 1 is 1.25 bits per heavy atom. The normalized spacial score (nSPS) is 10.4. The molecular weight excluding hydrogens is 206 g/mol. The van der Waals surface area contributed by atoms with Crippen LogP contribution in [0.2, 0.25) is 0 Å². The van der Waals surface area contributed by atoms with Crippen molar-refractivity contribution in [2.24, 2.45) is 0 Å². The van der Waals surface area contributed by atoms with Gasteiger partial charge in [0, 0.05) is 5.69 Å². The Morgan fingerprint density at radius 2 is 1.88 bits per heavy atom. The molecule has 0 unspecified atom stereocenters. The molecule has 1 N–H and O–H groups in total. The molecule has 16 heavy (non-hydrogen) atoms. The van der Waals surface area contributed by atoms with Gasteiger partial charge in [-0.2, -0.15) is 0 Å². The van der Waals surface area contributed by atoms with E-state index in [1.54, 1.807) is 18.2 Å². The minimum Gasteiger partial charge on any atom is -0.478 e. The number of carboxylic acid groups (broad SMARTS) is 1. The molecule has 82 valence electrons. The van der Waals surface area contributed by atoms with Gasteiger partial charge in [0.15, 0.2) is 0 Å². The van der Waals surface area contributed by atoms with Crippen LogP contribution in [0.4, 0.5) is 0 Å². The molecule has 5 nitrogen and oxygen atoms in total. The summed E-state index contributed by atoms with van der Waals surface area (Å²) in [5.74, 6) is 0.533. The summed E-state index contributed by atoms with van der Waals surface area (Å²) in [6.45, 7) is 3.65. The Hall–Kier alpha value is -2.17. The minimum absolute atomic E-state index is 0.255. The van der Waals surface area contributed by atoms with Crippen LogP contribution < -0.4 is 0 Å². The van der Waals surface area contributed by atoms with E-state index in [-0.39, 0.29) is 5.56 Å². The number of hydrogen-bond acceptors (Lipinski definition) is 3. The van der Waals surface area contributed by atoms with E-state index in [9.17, 15) is 4.79 Å². The topological polar surface area (TPSA) is 68.0 Å². The van der Waals surface area contributed by atoms with Crippen molar-refractivity contribution in [1.29, 1.82) is 0 Å². The van der Waals surface area contributed by atoms with Gasteiger partial charge in [-0.1, -0.05) is 6.07 Å². The molecule has 0 aliphatic heterocycles. The van der Waals surface area contributed by atoms with E-state index in [1.165, 1.54) is 0 Å². The van der Waals surface area contributed by atoms with E-state index in [0.717, 1.165) is 17.3 Å². The SMILES string of the molecule is Cc1nnc(C)n1-c1cccc(C(=O)O)c1. The van der Waals surface area contributed by atoms with Crippen molar-refractivity contribution in [3.63, 3.8) is 0 Å². The number of benzene rings is 1.